The summed E-state index contributed by atoms with van der Waals surface area (Å²) in [5.74, 6) is -0.208. The Balaban J connectivity index is 2.25. The molecule has 0 aliphatic rings. The van der Waals surface area contributed by atoms with Crippen LogP contribution < -0.4 is 5.32 Å². The van der Waals surface area contributed by atoms with Gasteiger partial charge in [0.1, 0.15) is 5.82 Å². The lowest BCUT2D eigenvalue weighted by molar-refractivity contribution is 0.577. The predicted octanol–water partition coefficient (Wildman–Crippen LogP) is 3.56. The van der Waals surface area contributed by atoms with Crippen LogP contribution in [0, 0.1) is 19.7 Å². The zero-order valence-corrected chi connectivity index (χ0v) is 13.6. The fourth-order valence-corrected chi connectivity index (χ4v) is 2.54. The van der Waals surface area contributed by atoms with Crippen LogP contribution in [0.4, 0.5) is 4.39 Å². The average molecular weight is 340 g/mol. The van der Waals surface area contributed by atoms with Crippen molar-refractivity contribution in [1.82, 2.24) is 15.1 Å². The molecule has 0 saturated heterocycles. The molecule has 0 fully saturated rings. The first-order valence-electron chi connectivity index (χ1n) is 6.70. The minimum absolute atomic E-state index is 0.208. The van der Waals surface area contributed by atoms with Crippen LogP contribution in [0.25, 0.3) is 0 Å². The summed E-state index contributed by atoms with van der Waals surface area (Å²) in [5.41, 5.74) is 3.94. The molecule has 2 rings (SSSR count). The van der Waals surface area contributed by atoms with Crippen LogP contribution in [0.1, 0.15) is 29.4 Å². The Labute approximate surface area is 127 Å². The molecule has 0 radical (unpaired) electrons. The minimum Gasteiger partial charge on any atom is -0.313 e. The third kappa shape index (κ3) is 3.27. The number of aryl methyl sites for hydroxylation is 1. The van der Waals surface area contributed by atoms with Crippen LogP contribution in [0.15, 0.2) is 22.7 Å². The summed E-state index contributed by atoms with van der Waals surface area (Å²) in [6.45, 7) is 8.28. The lowest BCUT2D eigenvalue weighted by Gasteiger charge is -2.07. The normalized spacial score (nSPS) is 11.1. The minimum atomic E-state index is -0.208. The Bertz CT molecular complexity index is 607. The van der Waals surface area contributed by atoms with Crippen molar-refractivity contribution in [2.24, 2.45) is 0 Å². The highest BCUT2D eigenvalue weighted by Crippen LogP contribution is 2.19. The van der Waals surface area contributed by atoms with E-state index in [-0.39, 0.29) is 5.82 Å². The first-order chi connectivity index (χ1) is 9.52. The number of hydrogen-bond donors (Lipinski definition) is 1. The van der Waals surface area contributed by atoms with Gasteiger partial charge in [0.05, 0.1) is 12.2 Å². The Morgan fingerprint density at radius 2 is 2.10 bits per heavy atom. The van der Waals surface area contributed by atoms with Gasteiger partial charge in [-0.1, -0.05) is 28.9 Å². The molecular weight excluding hydrogens is 321 g/mol. The van der Waals surface area contributed by atoms with E-state index in [2.05, 4.69) is 33.3 Å². The van der Waals surface area contributed by atoms with Crippen molar-refractivity contribution in [1.29, 1.82) is 0 Å². The van der Waals surface area contributed by atoms with Crippen LogP contribution in [0.3, 0.4) is 0 Å². The number of benzene rings is 1. The van der Waals surface area contributed by atoms with Gasteiger partial charge >= 0.3 is 0 Å². The summed E-state index contributed by atoms with van der Waals surface area (Å²) >= 11 is 3.27. The molecule has 0 aliphatic heterocycles. The van der Waals surface area contributed by atoms with Crippen LogP contribution in [0.2, 0.25) is 0 Å². The summed E-state index contributed by atoms with van der Waals surface area (Å²) in [4.78, 5) is 0. The number of halogens is 2. The molecule has 0 amide bonds. The molecule has 3 nitrogen and oxygen atoms in total. The molecule has 2 aromatic rings. The number of nitrogens with zero attached hydrogens (tertiary/aromatic N) is 2. The van der Waals surface area contributed by atoms with Crippen molar-refractivity contribution in [2.75, 3.05) is 6.54 Å². The molecule has 1 heterocycles. The van der Waals surface area contributed by atoms with E-state index in [1.165, 1.54) is 11.6 Å². The van der Waals surface area contributed by atoms with Crippen LogP contribution in [0.5, 0.6) is 0 Å². The molecule has 0 spiro atoms. The van der Waals surface area contributed by atoms with Crippen molar-refractivity contribution in [3.05, 3.63) is 51.0 Å². The van der Waals surface area contributed by atoms with E-state index in [0.717, 1.165) is 29.0 Å². The molecule has 1 aromatic heterocycles. The van der Waals surface area contributed by atoms with Gasteiger partial charge in [-0.15, -0.1) is 0 Å². The zero-order chi connectivity index (χ0) is 14.7. The second kappa shape index (κ2) is 6.50. The van der Waals surface area contributed by atoms with Gasteiger partial charge < -0.3 is 5.32 Å². The Hall–Kier alpha value is -1.20. The maximum absolute atomic E-state index is 13.9. The summed E-state index contributed by atoms with van der Waals surface area (Å²) in [6.07, 6.45) is 0. The quantitative estimate of drug-likeness (QED) is 0.902. The largest absolute Gasteiger partial charge is 0.313 e. The van der Waals surface area contributed by atoms with Crippen molar-refractivity contribution >= 4 is 15.9 Å². The molecular formula is C15H19BrFN3. The Kier molecular flexibility index (Phi) is 4.94. The molecule has 0 aliphatic carbocycles. The maximum Gasteiger partial charge on any atom is 0.129 e. The van der Waals surface area contributed by atoms with Crippen LogP contribution in [-0.4, -0.2) is 16.3 Å². The fraction of sp³-hybridized carbons (Fsp3) is 0.400. The van der Waals surface area contributed by atoms with Crippen molar-refractivity contribution in [2.45, 2.75) is 33.9 Å². The second-order valence-electron chi connectivity index (χ2n) is 4.82. The van der Waals surface area contributed by atoms with Crippen molar-refractivity contribution in [3.8, 4) is 0 Å². The summed E-state index contributed by atoms with van der Waals surface area (Å²) < 4.78 is 16.5. The third-order valence-corrected chi connectivity index (χ3v) is 3.91. The molecule has 0 bridgehead atoms. The topological polar surface area (TPSA) is 29.9 Å². The van der Waals surface area contributed by atoms with Crippen LogP contribution in [-0.2, 0) is 13.1 Å². The molecule has 20 heavy (non-hydrogen) atoms. The van der Waals surface area contributed by atoms with Crippen molar-refractivity contribution < 1.29 is 4.39 Å². The fourth-order valence-electron chi connectivity index (χ4n) is 2.21. The van der Waals surface area contributed by atoms with Crippen molar-refractivity contribution in [3.63, 3.8) is 0 Å². The molecule has 0 atom stereocenters. The molecule has 5 heteroatoms. The van der Waals surface area contributed by atoms with Gasteiger partial charge in [0, 0.05) is 27.8 Å². The monoisotopic (exact) mass is 339 g/mol. The van der Waals surface area contributed by atoms with Gasteiger partial charge in [-0.05, 0) is 32.5 Å². The smallest absolute Gasteiger partial charge is 0.129 e. The highest BCUT2D eigenvalue weighted by molar-refractivity contribution is 9.10. The first kappa shape index (κ1) is 15.2. The summed E-state index contributed by atoms with van der Waals surface area (Å²) in [7, 11) is 0. The average Bonchev–Trinajstić information content (AvgIpc) is 2.66. The van der Waals surface area contributed by atoms with Gasteiger partial charge in [-0.25, -0.2) is 4.39 Å². The van der Waals surface area contributed by atoms with E-state index in [1.54, 1.807) is 6.07 Å². The molecule has 1 N–H and O–H groups in total. The summed E-state index contributed by atoms with van der Waals surface area (Å²) in [5, 5.41) is 7.83. The zero-order valence-electron chi connectivity index (χ0n) is 12.0. The van der Waals surface area contributed by atoms with Gasteiger partial charge in [-0.2, -0.15) is 5.10 Å². The van der Waals surface area contributed by atoms with E-state index in [1.807, 2.05) is 24.6 Å². The molecule has 1 aromatic carbocycles. The van der Waals surface area contributed by atoms with E-state index in [0.29, 0.717) is 12.1 Å². The van der Waals surface area contributed by atoms with Gasteiger partial charge in [0.2, 0.25) is 0 Å². The van der Waals surface area contributed by atoms with Crippen LogP contribution >= 0.6 is 15.9 Å². The SMILES string of the molecule is CCNCc1c(C)nn(Cc2ccc(Br)cc2F)c1C. The van der Waals surface area contributed by atoms with E-state index in [9.17, 15) is 4.39 Å². The van der Waals surface area contributed by atoms with E-state index < -0.39 is 0 Å². The second-order valence-corrected chi connectivity index (χ2v) is 5.74. The number of nitrogens with one attached hydrogen (secondary N) is 1. The third-order valence-electron chi connectivity index (χ3n) is 3.42. The van der Waals surface area contributed by atoms with Gasteiger partial charge in [0.15, 0.2) is 0 Å². The van der Waals surface area contributed by atoms with E-state index >= 15 is 0 Å². The van der Waals surface area contributed by atoms with Gasteiger partial charge in [-0.3, -0.25) is 4.68 Å². The number of rotatable bonds is 5. The number of hydrogen-bond acceptors (Lipinski definition) is 2. The standard InChI is InChI=1S/C15H19BrFN3/c1-4-18-8-14-10(2)19-20(11(14)3)9-12-5-6-13(16)7-15(12)17/h5-7,18H,4,8-9H2,1-3H3. The first-order valence-corrected chi connectivity index (χ1v) is 7.49. The lowest BCUT2D eigenvalue weighted by atomic mass is 10.2. The summed E-state index contributed by atoms with van der Waals surface area (Å²) in [6, 6.07) is 5.13. The Morgan fingerprint density at radius 1 is 1.35 bits per heavy atom. The van der Waals surface area contributed by atoms with Gasteiger partial charge in [0.25, 0.3) is 0 Å². The highest BCUT2D eigenvalue weighted by atomic mass is 79.9. The molecule has 0 unspecified atom stereocenters. The number of aromatic nitrogens is 2. The predicted molar refractivity (Wildman–Crippen MR) is 82.3 cm³/mol. The molecule has 108 valence electrons. The highest BCUT2D eigenvalue weighted by Gasteiger charge is 2.12. The maximum atomic E-state index is 13.9. The Morgan fingerprint density at radius 3 is 2.75 bits per heavy atom. The lowest BCUT2D eigenvalue weighted by Crippen LogP contribution is -2.13. The molecule has 0 saturated carbocycles. The van der Waals surface area contributed by atoms with E-state index in [4.69, 9.17) is 0 Å².